The number of nitrogens with zero attached hydrogens (tertiary/aromatic N) is 2. The van der Waals surface area contributed by atoms with Gasteiger partial charge in [0.05, 0.1) is 11.0 Å². The average Bonchev–Trinajstić information content (AvgIpc) is 2.53. The van der Waals surface area contributed by atoms with Crippen molar-refractivity contribution in [3.05, 3.63) is 48.8 Å². The first kappa shape index (κ1) is 33.7. The molecule has 0 saturated heterocycles. The van der Waals surface area contributed by atoms with Crippen molar-refractivity contribution in [1.82, 2.24) is 9.97 Å². The van der Waals surface area contributed by atoms with Crippen LogP contribution in [0.15, 0.2) is 48.8 Å². The van der Waals surface area contributed by atoms with Crippen LogP contribution in [-0.4, -0.2) is 37.9 Å². The van der Waals surface area contributed by atoms with Crippen molar-refractivity contribution < 1.29 is 65.6 Å². The summed E-state index contributed by atoms with van der Waals surface area (Å²) >= 11 is 0. The molecular formula is C15H23N2O9PZn+2. The van der Waals surface area contributed by atoms with Gasteiger partial charge in [0.1, 0.15) is 7.60 Å². The first-order valence-electron chi connectivity index (χ1n) is 6.68. The number of hydrogen-bond donors (Lipinski definition) is 1. The Balaban J connectivity index is -0.000000188. The number of pyridine rings is 2. The molecule has 13 heteroatoms. The Morgan fingerprint density at radius 3 is 1.64 bits per heavy atom. The predicted molar refractivity (Wildman–Crippen MR) is 98.3 cm³/mol. The maximum absolute atomic E-state index is 9.83. The minimum atomic E-state index is -4.39. The summed E-state index contributed by atoms with van der Waals surface area (Å²) in [5.41, 5.74) is 1.95. The second-order valence-corrected chi connectivity index (χ2v) is 6.42. The Hall–Kier alpha value is -1.88. The molecule has 11 N–H and O–H groups in total. The normalized spacial score (nSPS) is 10.8. The van der Waals surface area contributed by atoms with Crippen molar-refractivity contribution in [3.8, 4) is 0 Å². The molecule has 0 aliphatic carbocycles. The van der Waals surface area contributed by atoms with E-state index in [4.69, 9.17) is 4.89 Å². The van der Waals surface area contributed by atoms with Crippen molar-refractivity contribution in [2.24, 2.45) is 0 Å². The van der Waals surface area contributed by atoms with E-state index >= 15 is 0 Å². The van der Waals surface area contributed by atoms with E-state index in [0.717, 1.165) is 21.8 Å². The largest absolute Gasteiger partial charge is 2.00 e. The first-order valence-corrected chi connectivity index (χ1v) is 8.44. The van der Waals surface area contributed by atoms with Crippen LogP contribution in [0.3, 0.4) is 0 Å². The molecule has 0 amide bonds. The number of carboxylic acids is 1. The molecule has 28 heavy (non-hydrogen) atoms. The zero-order valence-electron chi connectivity index (χ0n) is 14.8. The van der Waals surface area contributed by atoms with Gasteiger partial charge in [-0.1, -0.05) is 24.3 Å². The van der Waals surface area contributed by atoms with E-state index < -0.39 is 26.1 Å². The molecule has 0 fully saturated rings. The van der Waals surface area contributed by atoms with Gasteiger partial charge in [0.2, 0.25) is 0 Å². The fourth-order valence-corrected chi connectivity index (χ4v) is 2.38. The Kier molecular flexibility index (Phi) is 18.2. The van der Waals surface area contributed by atoms with Gasteiger partial charge < -0.3 is 46.2 Å². The summed E-state index contributed by atoms with van der Waals surface area (Å²) in [6.07, 6.45) is 2.19. The topological polar surface area (TPSA) is 255 Å². The number of carbonyl (C=O) groups is 1. The van der Waals surface area contributed by atoms with Crippen molar-refractivity contribution in [1.29, 1.82) is 0 Å². The summed E-state index contributed by atoms with van der Waals surface area (Å²) < 4.78 is 9.83. The molecular weight excluding hydrogens is 449 g/mol. The molecule has 0 radical (unpaired) electrons. The number of aliphatic carboxylic acids is 1. The minimum absolute atomic E-state index is 0. The van der Waals surface area contributed by atoms with Gasteiger partial charge in [-0.2, -0.15) is 0 Å². The fourth-order valence-electron chi connectivity index (χ4n) is 1.91. The third kappa shape index (κ3) is 10.5. The predicted octanol–water partition coefficient (Wildman–Crippen LogP) is -3.04. The molecule has 1 atom stereocenters. The van der Waals surface area contributed by atoms with Gasteiger partial charge in [-0.15, -0.1) is 0 Å². The molecule has 0 saturated carbocycles. The monoisotopic (exact) mass is 470 g/mol. The van der Waals surface area contributed by atoms with Gasteiger partial charge in [0.15, 0.2) is 0 Å². The number of rotatable bonds is 3. The zero-order chi connectivity index (χ0) is 16.9. The van der Waals surface area contributed by atoms with E-state index in [1.807, 2.05) is 12.1 Å². The molecule has 2 aromatic heterocycles. The molecule has 0 aliphatic rings. The second kappa shape index (κ2) is 15.1. The van der Waals surface area contributed by atoms with Crippen molar-refractivity contribution in [3.63, 3.8) is 0 Å². The van der Waals surface area contributed by atoms with Crippen LogP contribution in [0.1, 0.15) is 6.42 Å². The van der Waals surface area contributed by atoms with Crippen LogP contribution in [0.2, 0.25) is 0 Å². The number of aromatic nitrogens is 2. The molecule has 1 aromatic carbocycles. The molecule has 152 valence electrons. The summed E-state index contributed by atoms with van der Waals surface area (Å²) in [6.45, 7) is 0. The van der Waals surface area contributed by atoms with Crippen LogP contribution in [0.5, 0.6) is 0 Å². The summed E-state index contributed by atoms with van der Waals surface area (Å²) in [4.78, 5) is 36.1. The Morgan fingerprint density at radius 2 is 1.36 bits per heavy atom. The minimum Gasteiger partial charge on any atom is -0.779 e. The molecule has 3 rings (SSSR count). The molecule has 0 spiro atoms. The first-order chi connectivity index (χ1) is 10.9. The van der Waals surface area contributed by atoms with E-state index in [2.05, 4.69) is 34.2 Å². The Labute approximate surface area is 172 Å². The molecule has 0 bridgehead atoms. The summed E-state index contributed by atoms with van der Waals surface area (Å²) in [7, 11) is -4.39. The summed E-state index contributed by atoms with van der Waals surface area (Å²) in [6, 6.07) is 12.1. The molecule has 1 unspecified atom stereocenters. The van der Waals surface area contributed by atoms with Gasteiger partial charge in [0, 0.05) is 35.3 Å². The van der Waals surface area contributed by atoms with Crippen molar-refractivity contribution in [2.45, 2.75) is 6.42 Å². The maximum atomic E-state index is 9.83. The third-order valence-electron chi connectivity index (χ3n) is 2.94. The molecule has 0 aliphatic heterocycles. The fraction of sp³-hybridized carbons (Fsp3) is 0.133. The van der Waals surface area contributed by atoms with E-state index in [1.54, 1.807) is 12.4 Å². The second-order valence-electron chi connectivity index (χ2n) is 4.70. The quantitative estimate of drug-likeness (QED) is 0.178. The van der Waals surface area contributed by atoms with Crippen molar-refractivity contribution in [2.75, 3.05) is 6.16 Å². The van der Waals surface area contributed by atoms with Gasteiger partial charge >= 0.3 is 19.5 Å². The number of fused-ring (bicyclic) bond motifs is 3. The molecule has 11 nitrogen and oxygen atoms in total. The SMILES string of the molecule is O.O.O=C([O-])CCP(=O)([O-])O.[OH3+].[OH3+].[Zn+2].c1cnc2c(c1)ccc1cccnc12. The van der Waals surface area contributed by atoms with E-state index in [0.29, 0.717) is 0 Å². The molecule has 2 heterocycles. The average molecular weight is 472 g/mol. The smallest absolute Gasteiger partial charge is 0.779 e. The van der Waals surface area contributed by atoms with Crippen LogP contribution in [0.4, 0.5) is 0 Å². The number of carbonyl (C=O) groups excluding carboxylic acids is 1. The summed E-state index contributed by atoms with van der Waals surface area (Å²) in [5.74, 6) is -1.49. The number of hydrogen-bond acceptors (Lipinski definition) is 6. The van der Waals surface area contributed by atoms with Crippen molar-refractivity contribution >= 4 is 35.4 Å². The standard InChI is InChI=1S/C12H8N2.C3H7O5P.4H2O.Zn/c1-3-9-5-6-10-4-2-8-14-12(10)11(9)13-7-1;4-3(5)1-2-9(6,7)8;;;;;/h1-8H;1-2H2,(H,4,5)(H2,6,7,8);4*1H2;/q;;;;;;+2. The van der Waals surface area contributed by atoms with E-state index in [1.165, 1.54) is 0 Å². The Morgan fingerprint density at radius 1 is 0.964 bits per heavy atom. The Bertz CT molecular complexity index is 837. The van der Waals surface area contributed by atoms with Crippen LogP contribution < -0.4 is 10.00 Å². The van der Waals surface area contributed by atoms with Gasteiger partial charge in [-0.3, -0.25) is 9.97 Å². The van der Waals surface area contributed by atoms with Crippen LogP contribution in [0.25, 0.3) is 21.8 Å². The summed E-state index contributed by atoms with van der Waals surface area (Å²) in [5, 5.41) is 11.8. The van der Waals surface area contributed by atoms with Gasteiger partial charge in [-0.25, -0.2) is 0 Å². The van der Waals surface area contributed by atoms with E-state index in [9.17, 15) is 19.4 Å². The van der Waals surface area contributed by atoms with Crippen LogP contribution in [-0.2, 0) is 39.8 Å². The third-order valence-corrected chi connectivity index (χ3v) is 3.73. The number of benzene rings is 1. The van der Waals surface area contributed by atoms with Crippen LogP contribution in [0, 0.1) is 0 Å². The zero-order valence-corrected chi connectivity index (χ0v) is 18.7. The van der Waals surface area contributed by atoms with E-state index in [-0.39, 0.29) is 41.4 Å². The van der Waals surface area contributed by atoms with Gasteiger partial charge in [0.25, 0.3) is 0 Å². The van der Waals surface area contributed by atoms with Crippen LogP contribution >= 0.6 is 7.60 Å². The number of carboxylic acid groups (broad SMARTS) is 1. The maximum Gasteiger partial charge on any atom is 2.00 e. The van der Waals surface area contributed by atoms with Gasteiger partial charge in [-0.05, 0) is 18.6 Å². The molecule has 3 aromatic rings.